The molecular weight excluding hydrogens is 400 g/mol. The third kappa shape index (κ3) is 23.6. The summed E-state index contributed by atoms with van der Waals surface area (Å²) in [6.07, 6.45) is 19.1. The summed E-state index contributed by atoms with van der Waals surface area (Å²) in [5.41, 5.74) is 0. The highest BCUT2D eigenvalue weighted by atomic mass is 16.5. The molecule has 0 saturated carbocycles. The Morgan fingerprint density at radius 1 is 0.500 bits per heavy atom. The summed E-state index contributed by atoms with van der Waals surface area (Å²) >= 11 is 0. The van der Waals surface area contributed by atoms with E-state index in [0.717, 1.165) is 77.0 Å². The zero-order valence-corrected chi connectivity index (χ0v) is 22.5. The minimum Gasteiger partial charge on any atom is -0.462 e. The molecule has 0 amide bonds. The monoisotopic (exact) mass is 456 g/mol. The van der Waals surface area contributed by atoms with Crippen molar-refractivity contribution >= 4 is 11.9 Å². The molecule has 0 fully saturated rings. The Morgan fingerprint density at radius 3 is 1.38 bits per heavy atom. The molecule has 32 heavy (non-hydrogen) atoms. The van der Waals surface area contributed by atoms with E-state index in [0.29, 0.717) is 12.8 Å². The van der Waals surface area contributed by atoms with Crippen molar-refractivity contribution in [2.75, 3.05) is 0 Å². The van der Waals surface area contributed by atoms with Crippen molar-refractivity contribution in [1.82, 2.24) is 0 Å². The molecule has 4 nitrogen and oxygen atoms in total. The Labute approximate surface area is 200 Å². The van der Waals surface area contributed by atoms with Gasteiger partial charge >= 0.3 is 11.9 Å². The van der Waals surface area contributed by atoms with Crippen LogP contribution in [0.2, 0.25) is 0 Å². The number of carbonyl (C=O) groups excluding carboxylic acids is 2. The van der Waals surface area contributed by atoms with Gasteiger partial charge in [-0.1, -0.05) is 99.3 Å². The highest BCUT2D eigenvalue weighted by molar-refractivity contribution is 5.69. The standard InChI is InChI=1S/2C14H28O2/c1-4-7-9-11-13(6-3)16-14(15)12-10-8-5-2;1-4-7-9-12-14(15)16-13(10-6-3)11-8-5-2/h2*13H,4-12H2,1-3H3. The van der Waals surface area contributed by atoms with Gasteiger partial charge in [0.25, 0.3) is 0 Å². The van der Waals surface area contributed by atoms with Crippen LogP contribution in [-0.2, 0) is 19.1 Å². The van der Waals surface area contributed by atoms with Gasteiger partial charge in [-0.05, 0) is 44.9 Å². The summed E-state index contributed by atoms with van der Waals surface area (Å²) in [5, 5.41) is 0. The Kier molecular flexibility index (Phi) is 27.1. The van der Waals surface area contributed by atoms with Crippen LogP contribution in [0.4, 0.5) is 0 Å². The molecule has 0 aliphatic carbocycles. The molecule has 0 heterocycles. The topological polar surface area (TPSA) is 52.6 Å². The molecular formula is C28H56O4. The first-order chi connectivity index (χ1) is 15.5. The first kappa shape index (κ1) is 33.1. The number of esters is 2. The number of unbranched alkanes of at least 4 members (excludes halogenated alkanes) is 7. The van der Waals surface area contributed by atoms with Crippen LogP contribution >= 0.6 is 0 Å². The summed E-state index contributed by atoms with van der Waals surface area (Å²) in [6, 6.07) is 0. The Morgan fingerprint density at radius 2 is 0.938 bits per heavy atom. The third-order valence-corrected chi connectivity index (χ3v) is 5.64. The van der Waals surface area contributed by atoms with E-state index in [9.17, 15) is 9.59 Å². The average molecular weight is 457 g/mol. The molecule has 0 aliphatic heterocycles. The van der Waals surface area contributed by atoms with Gasteiger partial charge in [-0.2, -0.15) is 0 Å². The van der Waals surface area contributed by atoms with Gasteiger partial charge in [0.15, 0.2) is 0 Å². The minimum absolute atomic E-state index is 0.00278. The van der Waals surface area contributed by atoms with Gasteiger partial charge in [-0.25, -0.2) is 0 Å². The molecule has 0 radical (unpaired) electrons. The average Bonchev–Trinajstić information content (AvgIpc) is 2.78. The minimum atomic E-state index is -0.00296. The molecule has 0 aliphatic rings. The lowest BCUT2D eigenvalue weighted by Crippen LogP contribution is -2.18. The lowest BCUT2D eigenvalue weighted by molar-refractivity contribution is -0.150. The van der Waals surface area contributed by atoms with Crippen molar-refractivity contribution in [3.05, 3.63) is 0 Å². The van der Waals surface area contributed by atoms with Crippen molar-refractivity contribution in [2.45, 2.75) is 169 Å². The van der Waals surface area contributed by atoms with Crippen molar-refractivity contribution < 1.29 is 19.1 Å². The summed E-state index contributed by atoms with van der Waals surface area (Å²) in [7, 11) is 0. The van der Waals surface area contributed by atoms with E-state index in [4.69, 9.17) is 9.47 Å². The van der Waals surface area contributed by atoms with E-state index >= 15 is 0 Å². The fraction of sp³-hybridized carbons (Fsp3) is 0.929. The van der Waals surface area contributed by atoms with Gasteiger partial charge in [0.2, 0.25) is 0 Å². The van der Waals surface area contributed by atoms with Gasteiger partial charge in [0.1, 0.15) is 12.2 Å². The van der Waals surface area contributed by atoms with Crippen LogP contribution in [0.25, 0.3) is 0 Å². The van der Waals surface area contributed by atoms with Crippen LogP contribution in [-0.4, -0.2) is 24.1 Å². The second-order valence-electron chi connectivity index (χ2n) is 8.97. The molecule has 2 atom stereocenters. The maximum absolute atomic E-state index is 11.5. The summed E-state index contributed by atoms with van der Waals surface area (Å²) in [5.74, 6) is -0.000184. The number of carbonyl (C=O) groups is 2. The van der Waals surface area contributed by atoms with Gasteiger partial charge in [-0.3, -0.25) is 9.59 Å². The predicted molar refractivity (Wildman–Crippen MR) is 137 cm³/mol. The number of rotatable bonds is 20. The Hall–Kier alpha value is -1.06. The van der Waals surface area contributed by atoms with Crippen LogP contribution < -0.4 is 0 Å². The lowest BCUT2D eigenvalue weighted by atomic mass is 10.1. The van der Waals surface area contributed by atoms with E-state index < -0.39 is 0 Å². The zero-order chi connectivity index (χ0) is 24.5. The van der Waals surface area contributed by atoms with Crippen LogP contribution in [0.3, 0.4) is 0 Å². The Balaban J connectivity index is 0. The van der Waals surface area contributed by atoms with Crippen LogP contribution in [0.15, 0.2) is 0 Å². The van der Waals surface area contributed by atoms with Gasteiger partial charge in [-0.15, -0.1) is 0 Å². The molecule has 0 saturated heterocycles. The van der Waals surface area contributed by atoms with Gasteiger partial charge < -0.3 is 9.47 Å². The summed E-state index contributed by atoms with van der Waals surface area (Å²) in [4.78, 5) is 23.0. The summed E-state index contributed by atoms with van der Waals surface area (Å²) in [6.45, 7) is 12.9. The maximum Gasteiger partial charge on any atom is 0.306 e. The second kappa shape index (κ2) is 26.2. The molecule has 0 aromatic carbocycles. The van der Waals surface area contributed by atoms with E-state index in [1.54, 1.807) is 0 Å². The molecule has 0 spiro atoms. The van der Waals surface area contributed by atoms with E-state index in [1.807, 2.05) is 0 Å². The normalized spacial score (nSPS) is 12.4. The molecule has 192 valence electrons. The van der Waals surface area contributed by atoms with Crippen molar-refractivity contribution in [1.29, 1.82) is 0 Å². The van der Waals surface area contributed by atoms with Crippen molar-refractivity contribution in [3.8, 4) is 0 Å². The fourth-order valence-corrected chi connectivity index (χ4v) is 3.51. The Bertz CT molecular complexity index is 408. The fourth-order valence-electron chi connectivity index (χ4n) is 3.51. The molecule has 0 N–H and O–H groups in total. The first-order valence-corrected chi connectivity index (χ1v) is 13.9. The van der Waals surface area contributed by atoms with Crippen LogP contribution in [0.5, 0.6) is 0 Å². The summed E-state index contributed by atoms with van der Waals surface area (Å²) < 4.78 is 11.0. The highest BCUT2D eigenvalue weighted by Gasteiger charge is 2.13. The molecule has 0 aromatic rings. The van der Waals surface area contributed by atoms with E-state index in [-0.39, 0.29) is 24.1 Å². The van der Waals surface area contributed by atoms with Crippen molar-refractivity contribution in [3.63, 3.8) is 0 Å². The third-order valence-electron chi connectivity index (χ3n) is 5.64. The SMILES string of the molecule is CCCCCC(=O)OC(CC)CCCCC.CCCCCC(=O)OC(CCC)CCCC. The first-order valence-electron chi connectivity index (χ1n) is 13.9. The molecule has 0 aromatic heterocycles. The molecule has 0 bridgehead atoms. The second-order valence-corrected chi connectivity index (χ2v) is 8.97. The molecule has 4 heteroatoms. The van der Waals surface area contributed by atoms with Crippen molar-refractivity contribution in [2.24, 2.45) is 0 Å². The highest BCUT2D eigenvalue weighted by Crippen LogP contribution is 2.13. The number of hydrogen-bond acceptors (Lipinski definition) is 4. The maximum atomic E-state index is 11.5. The van der Waals surface area contributed by atoms with E-state index in [1.165, 1.54) is 25.7 Å². The smallest absolute Gasteiger partial charge is 0.306 e. The molecule has 2 unspecified atom stereocenters. The lowest BCUT2D eigenvalue weighted by Gasteiger charge is -2.16. The van der Waals surface area contributed by atoms with E-state index in [2.05, 4.69) is 41.5 Å². The molecule has 0 rings (SSSR count). The largest absolute Gasteiger partial charge is 0.462 e. The number of ether oxygens (including phenoxy) is 2. The number of hydrogen-bond donors (Lipinski definition) is 0. The quantitative estimate of drug-likeness (QED) is 0.135. The zero-order valence-electron chi connectivity index (χ0n) is 22.5. The van der Waals surface area contributed by atoms with Crippen LogP contribution in [0.1, 0.15) is 157 Å². The van der Waals surface area contributed by atoms with Crippen LogP contribution in [0, 0.1) is 0 Å². The van der Waals surface area contributed by atoms with Gasteiger partial charge in [0.05, 0.1) is 0 Å². The predicted octanol–water partition coefficient (Wildman–Crippen LogP) is 8.94. The van der Waals surface area contributed by atoms with Gasteiger partial charge in [0, 0.05) is 12.8 Å².